The molecule has 0 unspecified atom stereocenters. The second kappa shape index (κ2) is 6.14. The van der Waals surface area contributed by atoms with Gasteiger partial charge in [-0.05, 0) is 19.1 Å². The van der Waals surface area contributed by atoms with Crippen molar-refractivity contribution in [2.24, 2.45) is 0 Å². The highest BCUT2D eigenvalue weighted by Crippen LogP contribution is 2.34. The van der Waals surface area contributed by atoms with Gasteiger partial charge in [-0.15, -0.1) is 6.42 Å². The molecule has 1 N–H and O–H groups in total. The fourth-order valence-corrected chi connectivity index (χ4v) is 1.47. The van der Waals surface area contributed by atoms with Crippen LogP contribution in [0.25, 0.3) is 0 Å². The first-order chi connectivity index (χ1) is 8.90. The van der Waals surface area contributed by atoms with E-state index in [1.54, 1.807) is 6.92 Å². The average molecular weight is 270 g/mol. The van der Waals surface area contributed by atoms with Crippen LogP contribution in [0.2, 0.25) is 0 Å². The summed E-state index contributed by atoms with van der Waals surface area (Å²) >= 11 is 0. The van der Waals surface area contributed by atoms with Crippen molar-refractivity contribution < 1.29 is 18.0 Å². The van der Waals surface area contributed by atoms with Gasteiger partial charge in [-0.25, -0.2) is 4.79 Å². The number of urea groups is 1. The summed E-state index contributed by atoms with van der Waals surface area (Å²) in [5.74, 6) is 2.27. The molecule has 2 amide bonds. The number of amides is 2. The van der Waals surface area contributed by atoms with Crippen LogP contribution < -0.4 is 5.32 Å². The molecule has 102 valence electrons. The zero-order chi connectivity index (χ0) is 14.5. The molecule has 0 heterocycles. The number of para-hydroxylation sites is 1. The fourth-order valence-electron chi connectivity index (χ4n) is 1.47. The zero-order valence-electron chi connectivity index (χ0n) is 10.3. The number of halogens is 3. The second-order valence-corrected chi connectivity index (χ2v) is 3.69. The van der Waals surface area contributed by atoms with Crippen molar-refractivity contribution >= 4 is 11.7 Å². The van der Waals surface area contributed by atoms with E-state index in [1.807, 2.05) is 0 Å². The molecule has 0 aliphatic heterocycles. The van der Waals surface area contributed by atoms with Gasteiger partial charge in [-0.2, -0.15) is 13.2 Å². The number of hydrogen-bond acceptors (Lipinski definition) is 1. The summed E-state index contributed by atoms with van der Waals surface area (Å²) in [5, 5.41) is 2.22. The van der Waals surface area contributed by atoms with Crippen molar-refractivity contribution in [2.45, 2.75) is 13.1 Å². The molecule has 0 spiro atoms. The van der Waals surface area contributed by atoms with E-state index < -0.39 is 17.8 Å². The molecule has 0 atom stereocenters. The normalized spacial score (nSPS) is 10.7. The molecule has 1 rings (SSSR count). The Labute approximate surface area is 109 Å². The molecule has 0 bridgehead atoms. The standard InChI is InChI=1S/C13H13F3N2O/c1-3-9-18(4-2)12(19)17-11-8-6-5-7-10(11)13(14,15)16/h1,5-8H,4,9H2,2H3,(H,17,19). The number of alkyl halides is 3. The first kappa shape index (κ1) is 14.9. The summed E-state index contributed by atoms with van der Waals surface area (Å²) in [5.41, 5.74) is -1.17. The highest BCUT2D eigenvalue weighted by molar-refractivity contribution is 5.90. The lowest BCUT2D eigenvalue weighted by molar-refractivity contribution is -0.136. The van der Waals surface area contributed by atoms with Gasteiger partial charge in [0.05, 0.1) is 17.8 Å². The van der Waals surface area contributed by atoms with Crippen LogP contribution in [0.5, 0.6) is 0 Å². The van der Waals surface area contributed by atoms with E-state index in [0.717, 1.165) is 6.07 Å². The Hall–Kier alpha value is -2.16. The predicted molar refractivity (Wildman–Crippen MR) is 66.5 cm³/mol. The molecule has 0 saturated carbocycles. The minimum Gasteiger partial charge on any atom is -0.314 e. The van der Waals surface area contributed by atoms with E-state index in [-0.39, 0.29) is 12.2 Å². The molecule has 0 radical (unpaired) electrons. The topological polar surface area (TPSA) is 32.3 Å². The molecule has 19 heavy (non-hydrogen) atoms. The molecule has 1 aromatic carbocycles. The lowest BCUT2D eigenvalue weighted by atomic mass is 10.1. The van der Waals surface area contributed by atoms with E-state index in [0.29, 0.717) is 6.54 Å². The maximum absolute atomic E-state index is 12.7. The van der Waals surface area contributed by atoms with Gasteiger partial charge in [0.15, 0.2) is 0 Å². The number of rotatable bonds is 3. The van der Waals surface area contributed by atoms with E-state index in [1.165, 1.54) is 23.1 Å². The Kier molecular flexibility index (Phi) is 4.81. The van der Waals surface area contributed by atoms with Crippen LogP contribution in [-0.4, -0.2) is 24.0 Å². The number of nitrogens with zero attached hydrogens (tertiary/aromatic N) is 1. The van der Waals surface area contributed by atoms with Gasteiger partial charge in [0.1, 0.15) is 0 Å². The summed E-state index contributed by atoms with van der Waals surface area (Å²) in [6, 6.07) is 4.13. The van der Waals surface area contributed by atoms with E-state index >= 15 is 0 Å². The third-order valence-corrected chi connectivity index (χ3v) is 2.43. The third kappa shape index (κ3) is 3.91. The van der Waals surface area contributed by atoms with Crippen molar-refractivity contribution in [3.05, 3.63) is 29.8 Å². The number of nitrogens with one attached hydrogen (secondary N) is 1. The van der Waals surface area contributed by atoms with Gasteiger partial charge in [0.2, 0.25) is 0 Å². The molecule has 0 aliphatic rings. The Morgan fingerprint density at radius 1 is 1.42 bits per heavy atom. The van der Waals surface area contributed by atoms with E-state index in [2.05, 4.69) is 11.2 Å². The Bertz CT molecular complexity index is 491. The van der Waals surface area contributed by atoms with Crippen LogP contribution in [0.4, 0.5) is 23.7 Å². The predicted octanol–water partition coefficient (Wildman–Crippen LogP) is 3.19. The van der Waals surface area contributed by atoms with Crippen LogP contribution in [-0.2, 0) is 6.18 Å². The molecule has 1 aromatic rings. The van der Waals surface area contributed by atoms with Gasteiger partial charge >= 0.3 is 12.2 Å². The molecule has 3 nitrogen and oxygen atoms in total. The van der Waals surface area contributed by atoms with Crippen LogP contribution in [0.1, 0.15) is 12.5 Å². The Morgan fingerprint density at radius 3 is 2.58 bits per heavy atom. The van der Waals surface area contributed by atoms with Crippen LogP contribution in [0, 0.1) is 12.3 Å². The van der Waals surface area contributed by atoms with Gasteiger partial charge in [-0.3, -0.25) is 0 Å². The lowest BCUT2D eigenvalue weighted by Crippen LogP contribution is -2.35. The van der Waals surface area contributed by atoms with Crippen LogP contribution in [0.15, 0.2) is 24.3 Å². The zero-order valence-corrected chi connectivity index (χ0v) is 10.3. The molecule has 0 fully saturated rings. The molecule has 0 saturated heterocycles. The summed E-state index contributed by atoms with van der Waals surface area (Å²) in [7, 11) is 0. The maximum atomic E-state index is 12.7. The smallest absolute Gasteiger partial charge is 0.314 e. The van der Waals surface area contributed by atoms with Crippen molar-refractivity contribution in [3.63, 3.8) is 0 Å². The second-order valence-electron chi connectivity index (χ2n) is 3.69. The van der Waals surface area contributed by atoms with Crippen molar-refractivity contribution in [1.82, 2.24) is 4.90 Å². The lowest BCUT2D eigenvalue weighted by Gasteiger charge is -2.20. The monoisotopic (exact) mass is 270 g/mol. The van der Waals surface area contributed by atoms with Gasteiger partial charge < -0.3 is 10.2 Å². The number of carbonyl (C=O) groups is 1. The fraction of sp³-hybridized carbons (Fsp3) is 0.308. The van der Waals surface area contributed by atoms with Crippen molar-refractivity contribution in [1.29, 1.82) is 0 Å². The highest BCUT2D eigenvalue weighted by Gasteiger charge is 2.33. The van der Waals surface area contributed by atoms with Gasteiger partial charge in [0.25, 0.3) is 0 Å². The molecular formula is C13H13F3N2O. The summed E-state index contributed by atoms with van der Waals surface area (Å²) in [6.07, 6.45) is 0.563. The maximum Gasteiger partial charge on any atom is 0.418 e. The quantitative estimate of drug-likeness (QED) is 0.840. The van der Waals surface area contributed by atoms with Crippen molar-refractivity contribution in [2.75, 3.05) is 18.4 Å². The Morgan fingerprint density at radius 2 is 2.05 bits per heavy atom. The first-order valence-corrected chi connectivity index (χ1v) is 5.55. The SMILES string of the molecule is C#CCN(CC)C(=O)Nc1ccccc1C(F)(F)F. The third-order valence-electron chi connectivity index (χ3n) is 2.43. The number of terminal acetylenes is 1. The summed E-state index contributed by atoms with van der Waals surface area (Å²) in [6.45, 7) is 2.04. The van der Waals surface area contributed by atoms with Gasteiger partial charge in [0, 0.05) is 6.54 Å². The Balaban J connectivity index is 2.94. The van der Waals surface area contributed by atoms with Crippen LogP contribution >= 0.6 is 0 Å². The molecular weight excluding hydrogens is 257 g/mol. The largest absolute Gasteiger partial charge is 0.418 e. The first-order valence-electron chi connectivity index (χ1n) is 5.55. The van der Waals surface area contributed by atoms with E-state index in [4.69, 9.17) is 6.42 Å². The summed E-state index contributed by atoms with van der Waals surface area (Å²) < 4.78 is 38.2. The molecule has 6 heteroatoms. The number of benzene rings is 1. The van der Waals surface area contributed by atoms with Gasteiger partial charge in [-0.1, -0.05) is 18.1 Å². The minimum atomic E-state index is -4.52. The molecule has 0 aliphatic carbocycles. The number of hydrogen-bond donors (Lipinski definition) is 1. The summed E-state index contributed by atoms with van der Waals surface area (Å²) in [4.78, 5) is 13.0. The van der Waals surface area contributed by atoms with Crippen LogP contribution in [0.3, 0.4) is 0 Å². The highest BCUT2D eigenvalue weighted by atomic mass is 19.4. The minimum absolute atomic E-state index is 0.0382. The average Bonchev–Trinajstić information content (AvgIpc) is 2.35. The van der Waals surface area contributed by atoms with Crippen molar-refractivity contribution in [3.8, 4) is 12.3 Å². The number of carbonyl (C=O) groups excluding carboxylic acids is 1. The number of anilines is 1. The molecule has 0 aromatic heterocycles. The van der Waals surface area contributed by atoms with E-state index in [9.17, 15) is 18.0 Å².